The van der Waals surface area contributed by atoms with Crippen molar-refractivity contribution in [1.29, 1.82) is 0 Å². The Morgan fingerprint density at radius 2 is 2.05 bits per heavy atom. The number of nitrogens with zero attached hydrogens (tertiary/aromatic N) is 2. The van der Waals surface area contributed by atoms with Crippen molar-refractivity contribution in [1.82, 2.24) is 15.2 Å². The molecule has 194 valence electrons. The molecule has 1 aromatic heterocycles. The van der Waals surface area contributed by atoms with E-state index in [9.17, 15) is 9.18 Å². The van der Waals surface area contributed by atoms with Gasteiger partial charge in [0.15, 0.2) is 17.6 Å². The number of halogens is 1. The summed E-state index contributed by atoms with van der Waals surface area (Å²) in [6.45, 7) is 2.71. The van der Waals surface area contributed by atoms with Crippen molar-refractivity contribution in [3.05, 3.63) is 83.9 Å². The topological polar surface area (TPSA) is 82.2 Å². The van der Waals surface area contributed by atoms with Crippen LogP contribution in [0.2, 0.25) is 0 Å². The highest BCUT2D eigenvalue weighted by Crippen LogP contribution is 2.33. The molecule has 8 nitrogen and oxygen atoms in total. The van der Waals surface area contributed by atoms with E-state index in [0.717, 1.165) is 36.3 Å². The number of ether oxygens (including phenoxy) is 4. The van der Waals surface area contributed by atoms with Crippen molar-refractivity contribution in [3.8, 4) is 17.2 Å². The van der Waals surface area contributed by atoms with Crippen LogP contribution in [-0.4, -0.2) is 54.5 Å². The van der Waals surface area contributed by atoms with Crippen LogP contribution in [0.4, 0.5) is 4.39 Å². The van der Waals surface area contributed by atoms with E-state index in [1.807, 2.05) is 30.3 Å². The Morgan fingerprint density at radius 1 is 1.14 bits per heavy atom. The number of hydrogen-bond acceptors (Lipinski definition) is 7. The third-order valence-corrected chi connectivity index (χ3v) is 6.31. The Balaban J connectivity index is 1.34. The molecular weight excluding hydrogens is 477 g/mol. The molecule has 1 saturated heterocycles. The molecule has 5 rings (SSSR count). The van der Waals surface area contributed by atoms with Crippen LogP contribution in [0.5, 0.6) is 17.2 Å². The predicted molar refractivity (Wildman–Crippen MR) is 134 cm³/mol. The number of benzene rings is 2. The van der Waals surface area contributed by atoms with Crippen molar-refractivity contribution < 1.29 is 28.1 Å². The molecule has 1 amide bonds. The van der Waals surface area contributed by atoms with Gasteiger partial charge in [-0.1, -0.05) is 18.2 Å². The average molecular weight is 508 g/mol. The third kappa shape index (κ3) is 6.96. The minimum Gasteiger partial charge on any atom is -0.479 e. The molecule has 0 bridgehead atoms. The van der Waals surface area contributed by atoms with Gasteiger partial charge in [-0.2, -0.15) is 0 Å². The molecule has 3 heterocycles. The number of hydrogen-bond donors (Lipinski definition) is 1. The summed E-state index contributed by atoms with van der Waals surface area (Å²) in [5, 5.41) is 2.94. The Hall–Kier alpha value is -3.69. The van der Waals surface area contributed by atoms with Gasteiger partial charge in [-0.05, 0) is 54.3 Å². The van der Waals surface area contributed by atoms with Crippen LogP contribution in [0.15, 0.2) is 67.0 Å². The molecular formula is C28H30FN3O5. The van der Waals surface area contributed by atoms with Crippen LogP contribution in [0.1, 0.15) is 24.0 Å². The van der Waals surface area contributed by atoms with E-state index in [0.29, 0.717) is 31.1 Å². The Kier molecular flexibility index (Phi) is 8.12. The zero-order valence-electron chi connectivity index (χ0n) is 20.5. The van der Waals surface area contributed by atoms with Gasteiger partial charge < -0.3 is 24.3 Å². The Morgan fingerprint density at radius 3 is 2.86 bits per heavy atom. The lowest BCUT2D eigenvalue weighted by molar-refractivity contribution is -0.129. The van der Waals surface area contributed by atoms with E-state index >= 15 is 0 Å². The van der Waals surface area contributed by atoms with Crippen molar-refractivity contribution in [3.63, 3.8) is 0 Å². The average Bonchev–Trinajstić information content (AvgIpc) is 3.59. The van der Waals surface area contributed by atoms with Crippen LogP contribution in [-0.2, 0) is 22.6 Å². The van der Waals surface area contributed by atoms with E-state index in [1.54, 1.807) is 24.5 Å². The number of carbonyl (C=O) groups excluding carboxylic acids is 1. The maximum absolute atomic E-state index is 13.9. The molecule has 2 aliphatic rings. The van der Waals surface area contributed by atoms with E-state index in [4.69, 9.17) is 18.9 Å². The first-order chi connectivity index (χ1) is 18.1. The second-order valence-electron chi connectivity index (χ2n) is 9.16. The summed E-state index contributed by atoms with van der Waals surface area (Å²) >= 11 is 0. The number of carbonyl (C=O) groups is 1. The Labute approximate surface area is 215 Å². The zero-order valence-corrected chi connectivity index (χ0v) is 20.5. The molecule has 37 heavy (non-hydrogen) atoms. The van der Waals surface area contributed by atoms with Crippen LogP contribution < -0.4 is 19.5 Å². The number of nitrogens with one attached hydrogen (secondary N) is 1. The summed E-state index contributed by atoms with van der Waals surface area (Å²) in [4.78, 5) is 19.6. The fraction of sp³-hybridized carbons (Fsp3) is 0.357. The minimum atomic E-state index is -0.881. The third-order valence-electron chi connectivity index (χ3n) is 6.31. The van der Waals surface area contributed by atoms with Gasteiger partial charge in [-0.15, -0.1) is 0 Å². The normalized spacial score (nSPS) is 17.1. The molecule has 3 aromatic rings. The van der Waals surface area contributed by atoms with Gasteiger partial charge in [0.2, 0.25) is 6.79 Å². The number of pyridine rings is 1. The summed E-state index contributed by atoms with van der Waals surface area (Å²) in [5.41, 5.74) is 1.89. The Bertz CT molecular complexity index is 1190. The quantitative estimate of drug-likeness (QED) is 0.424. The minimum absolute atomic E-state index is 0.0716. The van der Waals surface area contributed by atoms with Gasteiger partial charge in [-0.3, -0.25) is 14.7 Å². The summed E-state index contributed by atoms with van der Waals surface area (Å²) in [5.74, 6) is 0.995. The summed E-state index contributed by atoms with van der Waals surface area (Å²) in [7, 11) is 0. The van der Waals surface area contributed by atoms with Gasteiger partial charge in [0.1, 0.15) is 11.6 Å². The maximum Gasteiger partial charge on any atom is 0.262 e. The fourth-order valence-corrected chi connectivity index (χ4v) is 4.50. The van der Waals surface area contributed by atoms with Crippen molar-refractivity contribution in [2.45, 2.75) is 38.1 Å². The number of fused-ring (bicyclic) bond motifs is 1. The predicted octanol–water partition coefficient (Wildman–Crippen LogP) is 3.69. The molecule has 0 aliphatic carbocycles. The smallest absolute Gasteiger partial charge is 0.262 e. The standard InChI is InChI=1S/C28H30FN3O5/c29-22-5-1-6-23(13-22)37-27(28(33)31-15-21-4-2-10-30-14-21)18-32(17-24-7-3-11-34-24)16-20-8-9-25-26(12-20)36-19-35-25/h1-2,4-6,8-10,12-14,24,27H,3,7,11,15-19H2,(H,31,33). The molecule has 1 N–H and O–H groups in total. The van der Waals surface area contributed by atoms with E-state index < -0.39 is 11.9 Å². The lowest BCUT2D eigenvalue weighted by Crippen LogP contribution is -2.47. The molecule has 2 atom stereocenters. The largest absolute Gasteiger partial charge is 0.479 e. The number of rotatable bonds is 11. The van der Waals surface area contributed by atoms with Gasteiger partial charge in [0.25, 0.3) is 5.91 Å². The zero-order chi connectivity index (χ0) is 25.5. The van der Waals surface area contributed by atoms with Crippen molar-refractivity contribution >= 4 is 5.91 Å². The molecule has 2 aliphatic heterocycles. The first-order valence-electron chi connectivity index (χ1n) is 12.4. The van der Waals surface area contributed by atoms with Crippen molar-refractivity contribution in [2.24, 2.45) is 0 Å². The molecule has 1 fully saturated rings. The van der Waals surface area contributed by atoms with E-state index in [1.165, 1.54) is 12.1 Å². The number of aromatic nitrogens is 1. The van der Waals surface area contributed by atoms with E-state index in [-0.39, 0.29) is 25.3 Å². The molecule has 2 unspecified atom stereocenters. The lowest BCUT2D eigenvalue weighted by atomic mass is 10.1. The monoisotopic (exact) mass is 507 g/mol. The van der Waals surface area contributed by atoms with Crippen LogP contribution in [0, 0.1) is 5.82 Å². The molecule has 0 spiro atoms. The van der Waals surface area contributed by atoms with Gasteiger partial charge in [-0.25, -0.2) is 4.39 Å². The molecule has 0 saturated carbocycles. The summed E-state index contributed by atoms with van der Waals surface area (Å²) in [6.07, 6.45) is 4.54. The van der Waals surface area contributed by atoms with Crippen molar-refractivity contribution in [2.75, 3.05) is 26.5 Å². The van der Waals surface area contributed by atoms with E-state index in [2.05, 4.69) is 15.2 Å². The first-order valence-corrected chi connectivity index (χ1v) is 12.4. The summed E-state index contributed by atoms with van der Waals surface area (Å²) < 4.78 is 36.8. The maximum atomic E-state index is 13.9. The van der Waals surface area contributed by atoms with Gasteiger partial charge in [0.05, 0.1) is 6.10 Å². The van der Waals surface area contributed by atoms with Crippen LogP contribution >= 0.6 is 0 Å². The number of amides is 1. The second-order valence-corrected chi connectivity index (χ2v) is 9.16. The van der Waals surface area contributed by atoms with Gasteiger partial charge in [0, 0.05) is 51.2 Å². The highest BCUT2D eigenvalue weighted by atomic mass is 19.1. The molecule has 0 radical (unpaired) electrons. The second kappa shape index (κ2) is 12.0. The lowest BCUT2D eigenvalue weighted by Gasteiger charge is -2.29. The molecule has 9 heteroatoms. The SMILES string of the molecule is O=C(NCc1cccnc1)C(CN(Cc1ccc2c(c1)OCO2)CC1CCCO1)Oc1cccc(F)c1. The fourth-order valence-electron chi connectivity index (χ4n) is 4.50. The van der Waals surface area contributed by atoms with Gasteiger partial charge >= 0.3 is 0 Å². The highest BCUT2D eigenvalue weighted by Gasteiger charge is 2.27. The highest BCUT2D eigenvalue weighted by molar-refractivity contribution is 5.81. The molecule has 2 aromatic carbocycles. The van der Waals surface area contributed by atoms with Crippen LogP contribution in [0.25, 0.3) is 0 Å². The first kappa shape index (κ1) is 25.0. The van der Waals surface area contributed by atoms with Crippen LogP contribution in [0.3, 0.4) is 0 Å². The summed E-state index contributed by atoms with van der Waals surface area (Å²) in [6, 6.07) is 15.4.